The third-order valence-corrected chi connectivity index (χ3v) is 2.68. The Kier molecular flexibility index (Phi) is 3.81. The molecule has 0 unspecified atom stereocenters. The van der Waals surface area contributed by atoms with Crippen molar-refractivity contribution < 1.29 is 0 Å². The predicted molar refractivity (Wildman–Crippen MR) is 64.8 cm³/mol. The molecular formula is C10H17N7. The third-order valence-electron chi connectivity index (χ3n) is 2.68. The molecule has 0 saturated carbocycles. The van der Waals surface area contributed by atoms with Gasteiger partial charge in [0.2, 0.25) is 0 Å². The lowest BCUT2D eigenvalue weighted by molar-refractivity contribution is 0.669. The van der Waals surface area contributed by atoms with Crippen molar-refractivity contribution in [3.8, 4) is 0 Å². The van der Waals surface area contributed by atoms with Gasteiger partial charge in [-0.15, -0.1) is 5.10 Å². The molecule has 0 aliphatic carbocycles. The summed E-state index contributed by atoms with van der Waals surface area (Å²) in [7, 11) is 2.01. The van der Waals surface area contributed by atoms with Gasteiger partial charge in [-0.3, -0.25) is 4.98 Å². The molecule has 2 N–H and O–H groups in total. The van der Waals surface area contributed by atoms with Crippen molar-refractivity contribution in [2.45, 2.75) is 19.3 Å². The van der Waals surface area contributed by atoms with Gasteiger partial charge in [-0.05, 0) is 29.8 Å². The monoisotopic (exact) mass is 235 g/mol. The van der Waals surface area contributed by atoms with Crippen LogP contribution in [0.15, 0.2) is 12.4 Å². The first-order chi connectivity index (χ1) is 8.33. The molecule has 2 aromatic heterocycles. The molecule has 7 heteroatoms. The highest BCUT2D eigenvalue weighted by atomic mass is 15.5. The van der Waals surface area contributed by atoms with E-state index in [1.165, 1.54) is 0 Å². The fraction of sp³-hybridized carbons (Fsp3) is 0.600. The molecule has 0 aromatic carbocycles. The summed E-state index contributed by atoms with van der Waals surface area (Å²) in [6.07, 6.45) is 6.73. The van der Waals surface area contributed by atoms with Crippen molar-refractivity contribution in [2.75, 3.05) is 25.0 Å². The van der Waals surface area contributed by atoms with Gasteiger partial charge in [-0.25, -0.2) is 0 Å². The molecule has 0 radical (unpaired) electrons. The highest BCUT2D eigenvalue weighted by molar-refractivity contribution is 5.45. The Hall–Kier alpha value is -1.76. The van der Waals surface area contributed by atoms with Crippen LogP contribution in [0.1, 0.15) is 19.3 Å². The average Bonchev–Trinajstić information content (AvgIpc) is 2.82. The largest absolute Gasteiger partial charge is 0.358 e. The Labute approximate surface area is 99.6 Å². The van der Waals surface area contributed by atoms with Gasteiger partial charge in [0.15, 0.2) is 11.5 Å². The van der Waals surface area contributed by atoms with Gasteiger partial charge in [-0.2, -0.15) is 4.52 Å². The number of nitrogens with zero attached hydrogens (tertiary/aromatic N) is 6. The summed E-state index contributed by atoms with van der Waals surface area (Å²) in [4.78, 5) is 6.23. The van der Waals surface area contributed by atoms with Crippen molar-refractivity contribution >= 4 is 11.5 Å². The molecule has 17 heavy (non-hydrogen) atoms. The maximum Gasteiger partial charge on any atom is 0.199 e. The summed E-state index contributed by atoms with van der Waals surface area (Å²) in [6, 6.07) is 0. The highest BCUT2D eigenvalue weighted by Crippen LogP contribution is 2.11. The first kappa shape index (κ1) is 11.7. The lowest BCUT2D eigenvalue weighted by Gasteiger charge is -2.18. The van der Waals surface area contributed by atoms with Gasteiger partial charge < -0.3 is 10.6 Å². The normalized spacial score (nSPS) is 10.9. The summed E-state index contributed by atoms with van der Waals surface area (Å²) in [5.41, 5.74) is 6.13. The predicted octanol–water partition coefficient (Wildman–Crippen LogP) is 0.0845. The van der Waals surface area contributed by atoms with Crippen molar-refractivity contribution in [1.29, 1.82) is 0 Å². The molecule has 0 aliphatic rings. The number of aromatic nitrogens is 5. The van der Waals surface area contributed by atoms with Crippen LogP contribution in [0.4, 0.5) is 5.82 Å². The second-order valence-corrected chi connectivity index (χ2v) is 3.99. The number of unbranched alkanes of at least 4 members (excludes halogenated alkanes) is 2. The third kappa shape index (κ3) is 2.68. The molecule has 2 aromatic rings. The van der Waals surface area contributed by atoms with E-state index < -0.39 is 0 Å². The SMILES string of the molecule is CN(CCCCCN)c1cncc2nnnn12. The molecular weight excluding hydrogens is 218 g/mol. The highest BCUT2D eigenvalue weighted by Gasteiger charge is 2.08. The number of hydrogen-bond donors (Lipinski definition) is 1. The number of hydrogen-bond acceptors (Lipinski definition) is 6. The van der Waals surface area contributed by atoms with E-state index in [9.17, 15) is 0 Å². The minimum Gasteiger partial charge on any atom is -0.358 e. The van der Waals surface area contributed by atoms with Gasteiger partial charge in [0.25, 0.3) is 0 Å². The van der Waals surface area contributed by atoms with Crippen LogP contribution in [0.5, 0.6) is 0 Å². The number of rotatable bonds is 6. The van der Waals surface area contributed by atoms with Crippen molar-refractivity contribution in [2.24, 2.45) is 5.73 Å². The summed E-state index contributed by atoms with van der Waals surface area (Å²) >= 11 is 0. The first-order valence-corrected chi connectivity index (χ1v) is 5.76. The fourth-order valence-corrected chi connectivity index (χ4v) is 1.71. The van der Waals surface area contributed by atoms with Crippen molar-refractivity contribution in [3.05, 3.63) is 12.4 Å². The van der Waals surface area contributed by atoms with Gasteiger partial charge in [-0.1, -0.05) is 6.42 Å². The topological polar surface area (TPSA) is 85.2 Å². The van der Waals surface area contributed by atoms with E-state index in [4.69, 9.17) is 5.73 Å². The van der Waals surface area contributed by atoms with E-state index in [-0.39, 0.29) is 0 Å². The van der Waals surface area contributed by atoms with Gasteiger partial charge in [0.05, 0.1) is 12.4 Å². The molecule has 2 rings (SSSR count). The first-order valence-electron chi connectivity index (χ1n) is 5.76. The summed E-state index contributed by atoms with van der Waals surface area (Å²) in [5, 5.41) is 11.4. The minimum atomic E-state index is 0.663. The second-order valence-electron chi connectivity index (χ2n) is 3.99. The Morgan fingerprint density at radius 2 is 2.18 bits per heavy atom. The van der Waals surface area contributed by atoms with Crippen molar-refractivity contribution in [1.82, 2.24) is 25.0 Å². The van der Waals surface area contributed by atoms with Crippen LogP contribution in [0.3, 0.4) is 0 Å². The van der Waals surface area contributed by atoms with Crippen LogP contribution in [0, 0.1) is 0 Å². The molecule has 0 bridgehead atoms. The second kappa shape index (κ2) is 5.53. The average molecular weight is 235 g/mol. The molecule has 0 saturated heterocycles. The Balaban J connectivity index is 2.03. The van der Waals surface area contributed by atoms with Crippen molar-refractivity contribution in [3.63, 3.8) is 0 Å². The van der Waals surface area contributed by atoms with Gasteiger partial charge in [0, 0.05) is 13.6 Å². The van der Waals surface area contributed by atoms with Crippen LogP contribution in [-0.4, -0.2) is 45.2 Å². The van der Waals surface area contributed by atoms with E-state index in [1.807, 2.05) is 7.05 Å². The molecule has 0 spiro atoms. The van der Waals surface area contributed by atoms with Gasteiger partial charge in [0.1, 0.15) is 0 Å². The zero-order valence-electron chi connectivity index (χ0n) is 9.95. The molecule has 0 atom stereocenters. The smallest absolute Gasteiger partial charge is 0.199 e. The fourth-order valence-electron chi connectivity index (χ4n) is 1.71. The van der Waals surface area contributed by atoms with Crippen LogP contribution < -0.4 is 10.6 Å². The molecule has 7 nitrogen and oxygen atoms in total. The van der Waals surface area contributed by atoms with Crippen LogP contribution >= 0.6 is 0 Å². The number of nitrogens with two attached hydrogens (primary N) is 1. The summed E-state index contributed by atoms with van der Waals surface area (Å²) in [5.74, 6) is 0.903. The van der Waals surface area contributed by atoms with Crippen LogP contribution in [-0.2, 0) is 0 Å². The summed E-state index contributed by atoms with van der Waals surface area (Å²) < 4.78 is 1.69. The van der Waals surface area contributed by atoms with E-state index >= 15 is 0 Å². The quantitative estimate of drug-likeness (QED) is 0.714. The zero-order chi connectivity index (χ0) is 12.1. The summed E-state index contributed by atoms with van der Waals surface area (Å²) in [6.45, 7) is 1.70. The molecule has 92 valence electrons. The Bertz CT molecular complexity index is 466. The maximum absolute atomic E-state index is 5.46. The number of anilines is 1. The molecule has 0 amide bonds. The lowest BCUT2D eigenvalue weighted by Crippen LogP contribution is -2.22. The van der Waals surface area contributed by atoms with E-state index in [2.05, 4.69) is 25.4 Å². The Morgan fingerprint density at radius 1 is 1.29 bits per heavy atom. The van der Waals surface area contributed by atoms with Crippen LogP contribution in [0.2, 0.25) is 0 Å². The number of tetrazole rings is 1. The molecule has 2 heterocycles. The molecule has 0 fully saturated rings. The lowest BCUT2D eigenvalue weighted by atomic mass is 10.2. The molecule has 0 aliphatic heterocycles. The van der Waals surface area contributed by atoms with Gasteiger partial charge >= 0.3 is 0 Å². The Morgan fingerprint density at radius 3 is 3.00 bits per heavy atom. The zero-order valence-corrected chi connectivity index (χ0v) is 9.95. The number of fused-ring (bicyclic) bond motifs is 1. The standard InChI is InChI=1S/C10H17N7/c1-16(6-4-2-3-5-11)10-8-12-7-9-13-14-15-17(9)10/h7-8H,2-6,11H2,1H3. The van der Waals surface area contributed by atoms with E-state index in [0.717, 1.165) is 38.2 Å². The van der Waals surface area contributed by atoms with E-state index in [0.29, 0.717) is 5.65 Å². The van der Waals surface area contributed by atoms with E-state index in [1.54, 1.807) is 16.9 Å². The maximum atomic E-state index is 5.46. The minimum absolute atomic E-state index is 0.663. The van der Waals surface area contributed by atoms with Crippen LogP contribution in [0.25, 0.3) is 5.65 Å².